The molecule has 0 unspecified atom stereocenters. The molecule has 0 saturated heterocycles. The number of benzene rings is 2. The monoisotopic (exact) mass is 414 g/mol. The van der Waals surface area contributed by atoms with Crippen molar-refractivity contribution in [3.8, 4) is 11.5 Å². The number of nitrogens with zero attached hydrogens (tertiary/aromatic N) is 1. The Kier molecular flexibility index (Phi) is 6.20. The predicted molar refractivity (Wildman–Crippen MR) is 107 cm³/mol. The van der Waals surface area contributed by atoms with Gasteiger partial charge in [-0.1, -0.05) is 19.9 Å². The average Bonchev–Trinajstić information content (AvgIpc) is 2.75. The van der Waals surface area contributed by atoms with Gasteiger partial charge in [-0.25, -0.2) is 4.79 Å². The van der Waals surface area contributed by atoms with Crippen LogP contribution in [-0.4, -0.2) is 37.1 Å². The summed E-state index contributed by atoms with van der Waals surface area (Å²) in [6.45, 7) is 4.80. The molecule has 9 nitrogen and oxygen atoms in total. The molecule has 0 spiro atoms. The first-order valence-electron chi connectivity index (χ1n) is 9.38. The highest BCUT2D eigenvalue weighted by molar-refractivity contribution is 5.99. The maximum absolute atomic E-state index is 12.9. The van der Waals surface area contributed by atoms with Crippen molar-refractivity contribution in [2.45, 2.75) is 19.9 Å². The van der Waals surface area contributed by atoms with E-state index in [0.717, 1.165) is 24.8 Å². The molecule has 30 heavy (non-hydrogen) atoms. The SMILES string of the molecule is COC(=O)c1cc(C(=O)N[C@H](c2ccc3c(c2)OCCO3)C(C)C)cc([N+](=O)[O-])c1. The van der Waals surface area contributed by atoms with Gasteiger partial charge in [0.15, 0.2) is 11.5 Å². The molecule has 0 radical (unpaired) electrons. The third kappa shape index (κ3) is 4.51. The van der Waals surface area contributed by atoms with Crippen molar-refractivity contribution in [1.29, 1.82) is 0 Å². The highest BCUT2D eigenvalue weighted by Gasteiger charge is 2.24. The molecule has 2 aromatic carbocycles. The number of non-ortho nitro benzene ring substituents is 1. The number of nitro groups is 1. The van der Waals surface area contributed by atoms with Gasteiger partial charge < -0.3 is 19.5 Å². The van der Waals surface area contributed by atoms with Gasteiger partial charge in [0.2, 0.25) is 0 Å². The summed E-state index contributed by atoms with van der Waals surface area (Å²) in [6, 6.07) is 8.52. The lowest BCUT2D eigenvalue weighted by Gasteiger charge is -2.25. The zero-order valence-electron chi connectivity index (χ0n) is 16.8. The van der Waals surface area contributed by atoms with E-state index in [1.54, 1.807) is 6.07 Å². The van der Waals surface area contributed by atoms with Gasteiger partial charge >= 0.3 is 5.97 Å². The van der Waals surface area contributed by atoms with Crippen molar-refractivity contribution in [3.05, 3.63) is 63.2 Å². The fraction of sp³-hybridized carbons (Fsp3) is 0.333. The third-order valence-electron chi connectivity index (χ3n) is 4.69. The van der Waals surface area contributed by atoms with Crippen molar-refractivity contribution in [1.82, 2.24) is 5.32 Å². The minimum Gasteiger partial charge on any atom is -0.486 e. The maximum atomic E-state index is 12.9. The van der Waals surface area contributed by atoms with Crippen LogP contribution in [0.1, 0.15) is 46.2 Å². The van der Waals surface area contributed by atoms with E-state index in [9.17, 15) is 19.7 Å². The number of fused-ring (bicyclic) bond motifs is 1. The van der Waals surface area contributed by atoms with E-state index in [2.05, 4.69) is 10.1 Å². The molecule has 9 heteroatoms. The second kappa shape index (κ2) is 8.81. The number of carbonyl (C=O) groups excluding carboxylic acids is 2. The first kappa shape index (κ1) is 21.1. The van der Waals surface area contributed by atoms with Crippen LogP contribution in [0.3, 0.4) is 0 Å². The molecule has 1 heterocycles. The number of esters is 1. The molecule has 1 amide bonds. The lowest BCUT2D eigenvalue weighted by atomic mass is 9.95. The van der Waals surface area contributed by atoms with Crippen molar-refractivity contribution in [2.75, 3.05) is 20.3 Å². The van der Waals surface area contributed by atoms with Crippen LogP contribution in [0.2, 0.25) is 0 Å². The van der Waals surface area contributed by atoms with Crippen molar-refractivity contribution in [3.63, 3.8) is 0 Å². The zero-order chi connectivity index (χ0) is 21.8. The molecular formula is C21H22N2O7. The van der Waals surface area contributed by atoms with Crippen molar-refractivity contribution in [2.24, 2.45) is 5.92 Å². The molecular weight excluding hydrogens is 392 g/mol. The van der Waals surface area contributed by atoms with Crippen LogP contribution < -0.4 is 14.8 Å². The highest BCUT2D eigenvalue weighted by atomic mass is 16.6. The lowest BCUT2D eigenvalue weighted by molar-refractivity contribution is -0.384. The van der Waals surface area contributed by atoms with Gasteiger partial charge in [-0.3, -0.25) is 14.9 Å². The maximum Gasteiger partial charge on any atom is 0.338 e. The van der Waals surface area contributed by atoms with Crippen LogP contribution in [0.4, 0.5) is 5.69 Å². The number of rotatable bonds is 6. The molecule has 1 atom stereocenters. The average molecular weight is 414 g/mol. The van der Waals surface area contributed by atoms with Crippen molar-refractivity contribution >= 4 is 17.6 Å². The second-order valence-electron chi connectivity index (χ2n) is 7.12. The smallest absolute Gasteiger partial charge is 0.338 e. The summed E-state index contributed by atoms with van der Waals surface area (Å²) in [4.78, 5) is 35.3. The van der Waals surface area contributed by atoms with Gasteiger partial charge in [0.05, 0.1) is 23.6 Å². The first-order valence-corrected chi connectivity index (χ1v) is 9.38. The summed E-state index contributed by atoms with van der Waals surface area (Å²) in [7, 11) is 1.16. The second-order valence-corrected chi connectivity index (χ2v) is 7.12. The molecule has 0 bridgehead atoms. The Bertz CT molecular complexity index is 987. The van der Waals surface area contributed by atoms with Crippen LogP contribution in [0.25, 0.3) is 0 Å². The van der Waals surface area contributed by atoms with Crippen LogP contribution >= 0.6 is 0 Å². The standard InChI is InChI=1S/C21H22N2O7/c1-12(2)19(13-4-5-17-18(11-13)30-7-6-29-17)22-20(24)14-8-15(21(25)28-3)10-16(9-14)23(26)27/h4-5,8-12,19H,6-7H2,1-3H3,(H,22,24)/t19-/m0/s1. The van der Waals surface area contributed by atoms with Crippen LogP contribution in [-0.2, 0) is 4.74 Å². The Morgan fingerprint density at radius 2 is 1.73 bits per heavy atom. The Hall–Kier alpha value is -3.62. The quantitative estimate of drug-likeness (QED) is 0.438. The van der Waals surface area contributed by atoms with E-state index in [1.807, 2.05) is 26.0 Å². The van der Waals surface area contributed by atoms with E-state index in [1.165, 1.54) is 6.07 Å². The normalized spacial score (nSPS) is 13.5. The van der Waals surface area contributed by atoms with E-state index in [4.69, 9.17) is 9.47 Å². The largest absolute Gasteiger partial charge is 0.486 e. The molecule has 0 saturated carbocycles. The molecule has 1 aliphatic heterocycles. The molecule has 1 aliphatic rings. The fourth-order valence-corrected chi connectivity index (χ4v) is 3.20. The van der Waals surface area contributed by atoms with Gasteiger partial charge in [0, 0.05) is 17.7 Å². The van der Waals surface area contributed by atoms with Gasteiger partial charge in [0.1, 0.15) is 13.2 Å². The molecule has 158 valence electrons. The summed E-state index contributed by atoms with van der Waals surface area (Å²) >= 11 is 0. The fourth-order valence-electron chi connectivity index (χ4n) is 3.20. The minimum atomic E-state index is -0.764. The van der Waals surface area contributed by atoms with Gasteiger partial charge in [-0.05, 0) is 29.7 Å². The summed E-state index contributed by atoms with van der Waals surface area (Å²) in [5.41, 5.74) is 0.356. The minimum absolute atomic E-state index is 0.00667. The molecule has 1 N–H and O–H groups in total. The summed E-state index contributed by atoms with van der Waals surface area (Å²) < 4.78 is 15.8. The summed E-state index contributed by atoms with van der Waals surface area (Å²) in [6.07, 6.45) is 0. The van der Waals surface area contributed by atoms with Gasteiger partial charge in [-0.15, -0.1) is 0 Å². The summed E-state index contributed by atoms with van der Waals surface area (Å²) in [5, 5.41) is 14.1. The Morgan fingerprint density at radius 1 is 1.07 bits per heavy atom. The topological polar surface area (TPSA) is 117 Å². The zero-order valence-corrected chi connectivity index (χ0v) is 16.8. The Morgan fingerprint density at radius 3 is 2.37 bits per heavy atom. The van der Waals surface area contributed by atoms with E-state index < -0.39 is 22.8 Å². The lowest BCUT2D eigenvalue weighted by Crippen LogP contribution is -2.32. The van der Waals surface area contributed by atoms with Crippen molar-refractivity contribution < 1.29 is 28.7 Å². The first-order chi connectivity index (χ1) is 14.3. The van der Waals surface area contributed by atoms with Gasteiger partial charge in [-0.2, -0.15) is 0 Å². The predicted octanol–water partition coefficient (Wildman–Crippen LogP) is 3.28. The van der Waals surface area contributed by atoms with Crippen LogP contribution in [0.15, 0.2) is 36.4 Å². The number of hydrogen-bond acceptors (Lipinski definition) is 7. The molecule has 0 aliphatic carbocycles. The number of ether oxygens (including phenoxy) is 3. The Labute approximate surface area is 173 Å². The molecule has 0 fully saturated rings. The number of nitrogens with one attached hydrogen (secondary N) is 1. The number of methoxy groups -OCH3 is 1. The number of amides is 1. The van der Waals surface area contributed by atoms with E-state index in [0.29, 0.717) is 24.7 Å². The summed E-state index contributed by atoms with van der Waals surface area (Å²) in [5.74, 6) is -0.0602. The number of nitro benzene ring substituents is 1. The molecule has 3 rings (SSSR count). The Balaban J connectivity index is 1.91. The number of hydrogen-bond donors (Lipinski definition) is 1. The van der Waals surface area contributed by atoms with Crippen LogP contribution in [0, 0.1) is 16.0 Å². The number of carbonyl (C=O) groups is 2. The van der Waals surface area contributed by atoms with Crippen LogP contribution in [0.5, 0.6) is 11.5 Å². The van der Waals surface area contributed by atoms with E-state index >= 15 is 0 Å². The third-order valence-corrected chi connectivity index (χ3v) is 4.69. The highest BCUT2D eigenvalue weighted by Crippen LogP contribution is 2.34. The van der Waals surface area contributed by atoms with E-state index in [-0.39, 0.29) is 22.7 Å². The molecule has 0 aromatic heterocycles. The molecule has 2 aromatic rings. The van der Waals surface area contributed by atoms with Gasteiger partial charge in [0.25, 0.3) is 11.6 Å².